The van der Waals surface area contributed by atoms with Gasteiger partial charge in [0.1, 0.15) is 16.8 Å². The number of nitrogens with one attached hydrogen (secondary N) is 4. The number of aromatic amines is 2. The van der Waals surface area contributed by atoms with Crippen molar-refractivity contribution in [2.24, 2.45) is 0 Å². The molecule has 0 atom stereocenters. The average Bonchev–Trinajstić information content (AvgIpc) is 3.88. The van der Waals surface area contributed by atoms with Gasteiger partial charge in [-0.1, -0.05) is 0 Å². The fourth-order valence-electron chi connectivity index (χ4n) is 6.68. The largest absolute Gasteiger partial charge is 0.394 e. The fourth-order valence-corrected chi connectivity index (χ4v) is 6.68. The molecule has 6 heterocycles. The number of hydrogen-bond acceptors (Lipinski definition) is 10. The molecule has 15 nitrogen and oxygen atoms in total. The Labute approximate surface area is 350 Å². The summed E-state index contributed by atoms with van der Waals surface area (Å²) in [5, 5.41) is 8.20. The lowest BCUT2D eigenvalue weighted by Gasteiger charge is -2.13. The highest BCUT2D eigenvalue weighted by Gasteiger charge is 2.27. The van der Waals surface area contributed by atoms with Gasteiger partial charge in [0.15, 0.2) is 0 Å². The number of benzene rings is 2. The quantitative estimate of drug-likeness (QED) is 0.103. The van der Waals surface area contributed by atoms with Crippen molar-refractivity contribution < 1.29 is 14.0 Å². The highest BCUT2D eigenvalue weighted by atomic mass is 19.1. The Balaban J connectivity index is 0.963. The van der Waals surface area contributed by atoms with E-state index in [0.29, 0.717) is 46.1 Å². The maximum absolute atomic E-state index is 15.5. The molecule has 0 fully saturated rings. The topological polar surface area (TPSA) is 178 Å². The standard InChI is InChI=1S/C45H40FN13O2/c1-25-18-30(20-27-22-38(54-39(25)27)42(61)59(6)7)52-44-49-16-13-33(56-44)32-10-11-35(40(46)55-32)50-24-45(2,3)28-12-15-47-36(23-28)34-14-17-48-43(57-34)51-29-8-9-31-26(19-29)21-37(53-31)41(60)58(4)5/h8-23H,1-7H3,(H3-,47,48,49,51,52,53,54,55,56,57,60,61)/p+1. The van der Waals surface area contributed by atoms with Crippen LogP contribution in [0, 0.1) is 18.9 Å². The average molecular weight is 815 g/mol. The first-order valence-electron chi connectivity index (χ1n) is 19.2. The lowest BCUT2D eigenvalue weighted by atomic mass is 9.86. The third-order valence-electron chi connectivity index (χ3n) is 9.93. The van der Waals surface area contributed by atoms with E-state index in [-0.39, 0.29) is 17.5 Å². The number of carbonyl (C=O) groups excluding carboxylic acids is 2. The second-order valence-corrected chi connectivity index (χ2v) is 15.4. The summed E-state index contributed by atoms with van der Waals surface area (Å²) in [6.07, 6.45) is 4.90. The van der Waals surface area contributed by atoms with Gasteiger partial charge in [0.05, 0.1) is 22.8 Å². The van der Waals surface area contributed by atoms with Crippen molar-refractivity contribution >= 4 is 62.6 Å². The number of amides is 2. The van der Waals surface area contributed by atoms with Gasteiger partial charge < -0.3 is 30.4 Å². The number of H-pyrrole nitrogens is 2. The Hall–Kier alpha value is -8.06. The third-order valence-corrected chi connectivity index (χ3v) is 9.93. The van der Waals surface area contributed by atoms with E-state index >= 15 is 4.39 Å². The van der Waals surface area contributed by atoms with Crippen molar-refractivity contribution in [1.29, 1.82) is 0 Å². The van der Waals surface area contributed by atoms with Gasteiger partial charge >= 0.3 is 11.6 Å². The predicted molar refractivity (Wildman–Crippen MR) is 234 cm³/mol. The van der Waals surface area contributed by atoms with Crippen LogP contribution in [0.4, 0.5) is 33.3 Å². The summed E-state index contributed by atoms with van der Waals surface area (Å²) >= 11 is 0. The molecule has 0 radical (unpaired) electrons. The molecule has 8 aromatic rings. The van der Waals surface area contributed by atoms with Crippen molar-refractivity contribution in [3.05, 3.63) is 131 Å². The number of fused-ring (bicyclic) bond motifs is 2. The van der Waals surface area contributed by atoms with E-state index in [9.17, 15) is 9.59 Å². The van der Waals surface area contributed by atoms with Crippen LogP contribution in [-0.2, 0) is 5.41 Å². The molecule has 61 heavy (non-hydrogen) atoms. The predicted octanol–water partition coefficient (Wildman–Crippen LogP) is 8.63. The van der Waals surface area contributed by atoms with E-state index in [1.807, 2.05) is 75.4 Å². The van der Waals surface area contributed by atoms with Crippen LogP contribution in [0.1, 0.15) is 46.0 Å². The summed E-state index contributed by atoms with van der Waals surface area (Å²) in [6.45, 7) is 5.79. The zero-order chi connectivity index (χ0) is 43.0. The van der Waals surface area contributed by atoms with Crippen LogP contribution in [0.25, 0.3) is 49.4 Å². The molecular formula is C45H41FN13O2+. The van der Waals surface area contributed by atoms with Crippen molar-refractivity contribution in [3.63, 3.8) is 0 Å². The fraction of sp³-hybridized carbons (Fsp3) is 0.178. The molecule has 0 aliphatic carbocycles. The van der Waals surface area contributed by atoms with Gasteiger partial charge in [-0.3, -0.25) is 14.6 Å². The minimum Gasteiger partial charge on any atom is -0.351 e. The normalized spacial score (nSPS) is 11.3. The van der Waals surface area contributed by atoms with E-state index in [2.05, 4.69) is 56.4 Å². The summed E-state index contributed by atoms with van der Waals surface area (Å²) in [5.74, 6) is -0.341. The third kappa shape index (κ3) is 8.43. The molecule has 0 saturated heterocycles. The molecule has 2 aromatic carbocycles. The summed E-state index contributed by atoms with van der Waals surface area (Å²) in [5.41, 5.74) is 7.11. The van der Waals surface area contributed by atoms with Gasteiger partial charge in [0.2, 0.25) is 11.9 Å². The number of aryl methyl sites for hydroxylation is 1. The number of anilines is 4. The monoisotopic (exact) mass is 814 g/mol. The molecule has 2 amide bonds. The zero-order valence-corrected chi connectivity index (χ0v) is 34.5. The summed E-state index contributed by atoms with van der Waals surface area (Å²) in [4.78, 5) is 65.5. The van der Waals surface area contributed by atoms with Gasteiger partial charge in [-0.25, -0.2) is 24.9 Å². The number of hydrogen-bond donors (Lipinski definition) is 4. The number of aromatic nitrogens is 8. The number of carbonyl (C=O) groups is 2. The first kappa shape index (κ1) is 39.8. The molecule has 304 valence electrons. The van der Waals surface area contributed by atoms with Gasteiger partial charge in [-0.05, 0) is 110 Å². The van der Waals surface area contributed by atoms with Crippen LogP contribution in [-0.4, -0.2) is 89.7 Å². The van der Waals surface area contributed by atoms with E-state index < -0.39 is 11.4 Å². The Bertz CT molecular complexity index is 3070. The van der Waals surface area contributed by atoms with Gasteiger partial charge in [-0.2, -0.15) is 4.39 Å². The Morgan fingerprint density at radius 3 is 1.97 bits per heavy atom. The van der Waals surface area contributed by atoms with Crippen LogP contribution >= 0.6 is 0 Å². The molecule has 0 spiro atoms. The molecule has 0 bridgehead atoms. The maximum atomic E-state index is 15.5. The SMILES string of the molecule is Cc1cc(Nc2nccc(-c3ccc([N+]#CC(C)(C)c4ccnc(-c5ccnc(Nc6ccc7[nH]c(C(=O)N(C)C)cc7c6)n5)c4)c(F)n3)n2)cc2cc(C(=O)N(C)C)[nH]c12. The van der Waals surface area contributed by atoms with Gasteiger partial charge in [0.25, 0.3) is 17.9 Å². The number of pyridine rings is 2. The second kappa shape index (κ2) is 15.9. The molecular weight excluding hydrogens is 774 g/mol. The van der Waals surface area contributed by atoms with Gasteiger partial charge in [-0.15, -0.1) is 0 Å². The number of rotatable bonds is 9. The van der Waals surface area contributed by atoms with E-state index in [0.717, 1.165) is 44.3 Å². The van der Waals surface area contributed by atoms with Crippen LogP contribution in [0.3, 0.4) is 0 Å². The lowest BCUT2D eigenvalue weighted by molar-refractivity contribution is 0.0816. The Kier molecular flexibility index (Phi) is 10.4. The van der Waals surface area contributed by atoms with E-state index in [1.165, 1.54) is 15.9 Å². The first-order valence-corrected chi connectivity index (χ1v) is 19.2. The highest BCUT2D eigenvalue weighted by molar-refractivity contribution is 6.00. The van der Waals surface area contributed by atoms with E-state index in [4.69, 9.17) is 4.98 Å². The summed E-state index contributed by atoms with van der Waals surface area (Å²) in [6, 6.07) is 26.6. The van der Waals surface area contributed by atoms with Crippen molar-refractivity contribution in [3.8, 4) is 28.8 Å². The minimum absolute atomic E-state index is 0.0192. The molecule has 0 unspecified atom stereocenters. The maximum Gasteiger partial charge on any atom is 0.394 e. The highest BCUT2D eigenvalue weighted by Crippen LogP contribution is 2.30. The zero-order valence-electron chi connectivity index (χ0n) is 34.5. The summed E-state index contributed by atoms with van der Waals surface area (Å²) in [7, 11) is 6.83. The number of nitrogens with zero attached hydrogens (tertiary/aromatic N) is 9. The van der Waals surface area contributed by atoms with Crippen LogP contribution in [0.15, 0.2) is 97.5 Å². The van der Waals surface area contributed by atoms with Crippen LogP contribution in [0.2, 0.25) is 0 Å². The molecule has 0 saturated carbocycles. The van der Waals surface area contributed by atoms with Crippen molar-refractivity contribution in [2.75, 3.05) is 38.8 Å². The molecule has 6 aromatic heterocycles. The van der Waals surface area contributed by atoms with Gasteiger partial charge in [0, 0.05) is 86.0 Å². The molecule has 4 N–H and O–H groups in total. The summed E-state index contributed by atoms with van der Waals surface area (Å²) < 4.78 is 15.5. The smallest absolute Gasteiger partial charge is 0.351 e. The molecule has 8 rings (SSSR count). The molecule has 16 heteroatoms. The Morgan fingerprint density at radius 2 is 1.28 bits per heavy atom. The van der Waals surface area contributed by atoms with Crippen molar-refractivity contribution in [2.45, 2.75) is 26.2 Å². The number of halogens is 1. The second-order valence-electron chi connectivity index (χ2n) is 15.4. The van der Waals surface area contributed by atoms with Crippen molar-refractivity contribution in [1.82, 2.24) is 49.7 Å². The molecule has 0 aliphatic rings. The first-order chi connectivity index (χ1) is 29.2. The minimum atomic E-state index is -0.778. The van der Waals surface area contributed by atoms with Crippen LogP contribution in [0.5, 0.6) is 0 Å². The van der Waals surface area contributed by atoms with Crippen LogP contribution < -0.4 is 10.6 Å². The Morgan fingerprint density at radius 1 is 0.672 bits per heavy atom. The molecule has 0 aliphatic heterocycles. The van der Waals surface area contributed by atoms with E-state index in [1.54, 1.807) is 65.0 Å². The lowest BCUT2D eigenvalue weighted by Crippen LogP contribution is -2.21.